The average molecular weight is 243 g/mol. The summed E-state index contributed by atoms with van der Waals surface area (Å²) in [5, 5.41) is 11.1. The molecule has 0 fully saturated rings. The highest BCUT2D eigenvalue weighted by Gasteiger charge is 2.20. The summed E-state index contributed by atoms with van der Waals surface area (Å²) in [5.74, 6) is 0.622. The van der Waals surface area contributed by atoms with E-state index in [2.05, 4.69) is 9.97 Å². The molecule has 0 atom stereocenters. The molecule has 88 valence electrons. The highest BCUT2D eigenvalue weighted by atomic mass is 32.2. The van der Waals surface area contributed by atoms with Crippen molar-refractivity contribution in [1.82, 2.24) is 14.9 Å². The highest BCUT2D eigenvalue weighted by Crippen LogP contribution is 2.29. The zero-order chi connectivity index (χ0) is 12.1. The largest absolute Gasteiger partial charge is 0.378 e. The molecule has 0 aliphatic rings. The van der Waals surface area contributed by atoms with Crippen LogP contribution >= 0.6 is 11.8 Å². The quantitative estimate of drug-likeness (QED) is 0.350. The molecule has 0 unspecified atom stereocenters. The predicted octanol–water partition coefficient (Wildman–Crippen LogP) is 0.621. The molecule has 0 bridgehead atoms. The number of aromatic nitrogens is 2. The van der Waals surface area contributed by atoms with Gasteiger partial charge in [-0.3, -0.25) is 10.1 Å². The van der Waals surface area contributed by atoms with Crippen molar-refractivity contribution >= 4 is 23.3 Å². The van der Waals surface area contributed by atoms with Gasteiger partial charge >= 0.3 is 5.69 Å². The van der Waals surface area contributed by atoms with Gasteiger partial charge in [0.15, 0.2) is 5.03 Å². The predicted molar refractivity (Wildman–Crippen MR) is 62.4 cm³/mol. The smallest absolute Gasteiger partial charge is 0.343 e. The molecule has 1 aromatic rings. The number of nitro groups is 1. The highest BCUT2D eigenvalue weighted by molar-refractivity contribution is 7.99. The summed E-state index contributed by atoms with van der Waals surface area (Å²) in [4.78, 5) is 19.7. The lowest BCUT2D eigenvalue weighted by Gasteiger charge is -2.08. The molecule has 1 rings (SSSR count). The van der Waals surface area contributed by atoms with E-state index in [0.717, 1.165) is 6.54 Å². The lowest BCUT2D eigenvalue weighted by atomic mass is 10.5. The van der Waals surface area contributed by atoms with Gasteiger partial charge in [0.1, 0.15) is 6.33 Å². The first kappa shape index (κ1) is 12.7. The molecule has 16 heavy (non-hydrogen) atoms. The van der Waals surface area contributed by atoms with Gasteiger partial charge in [-0.05, 0) is 14.1 Å². The van der Waals surface area contributed by atoms with Gasteiger partial charge in [0.2, 0.25) is 5.82 Å². The Morgan fingerprint density at radius 1 is 1.56 bits per heavy atom. The van der Waals surface area contributed by atoms with Crippen molar-refractivity contribution in [3.63, 3.8) is 0 Å². The maximum Gasteiger partial charge on any atom is 0.343 e. The third-order valence-electron chi connectivity index (χ3n) is 1.78. The summed E-state index contributed by atoms with van der Waals surface area (Å²) < 4.78 is 0. The zero-order valence-electron chi connectivity index (χ0n) is 9.08. The van der Waals surface area contributed by atoms with Crippen molar-refractivity contribution in [3.05, 3.63) is 16.4 Å². The number of rotatable bonds is 5. The molecule has 0 saturated carbocycles. The van der Waals surface area contributed by atoms with E-state index in [1.807, 2.05) is 19.0 Å². The van der Waals surface area contributed by atoms with E-state index in [-0.39, 0.29) is 11.5 Å². The number of hydrogen-bond donors (Lipinski definition) is 1. The first-order valence-corrected chi connectivity index (χ1v) is 5.53. The van der Waals surface area contributed by atoms with E-state index in [9.17, 15) is 10.1 Å². The van der Waals surface area contributed by atoms with E-state index < -0.39 is 4.92 Å². The van der Waals surface area contributed by atoms with Crippen molar-refractivity contribution in [2.75, 3.05) is 32.1 Å². The monoisotopic (exact) mass is 243 g/mol. The van der Waals surface area contributed by atoms with Crippen LogP contribution in [0.2, 0.25) is 0 Å². The molecule has 0 aliphatic heterocycles. The van der Waals surface area contributed by atoms with E-state index >= 15 is 0 Å². The average Bonchev–Trinajstić information content (AvgIpc) is 2.16. The van der Waals surface area contributed by atoms with Gasteiger partial charge in [-0.1, -0.05) is 11.8 Å². The third kappa shape index (κ3) is 3.31. The number of anilines is 1. The van der Waals surface area contributed by atoms with Crippen molar-refractivity contribution in [1.29, 1.82) is 0 Å². The SMILES string of the molecule is CN(C)CCSc1ncnc(N)c1[N+](=O)[O-]. The standard InChI is InChI=1S/C8H13N5O2S/c1-12(2)3-4-16-8-6(13(14)15)7(9)10-5-11-8/h5H,3-4H2,1-2H3,(H2,9,10,11). The van der Waals surface area contributed by atoms with Gasteiger partial charge in [0.25, 0.3) is 0 Å². The molecule has 0 saturated heterocycles. The maximum absolute atomic E-state index is 10.8. The molecule has 7 nitrogen and oxygen atoms in total. The summed E-state index contributed by atoms with van der Waals surface area (Å²) in [6.07, 6.45) is 1.24. The van der Waals surface area contributed by atoms with Crippen molar-refractivity contribution < 1.29 is 4.92 Å². The van der Waals surface area contributed by atoms with Crippen LogP contribution in [-0.4, -0.2) is 46.2 Å². The number of nitrogen functional groups attached to an aromatic ring is 1. The summed E-state index contributed by atoms with van der Waals surface area (Å²) >= 11 is 1.30. The second kappa shape index (κ2) is 5.61. The number of nitrogens with two attached hydrogens (primary N) is 1. The minimum atomic E-state index is -0.548. The van der Waals surface area contributed by atoms with Crippen LogP contribution in [0.5, 0.6) is 0 Å². The second-order valence-corrected chi connectivity index (χ2v) is 4.41. The van der Waals surface area contributed by atoms with Gasteiger partial charge in [-0.25, -0.2) is 9.97 Å². The fraction of sp³-hybridized carbons (Fsp3) is 0.500. The first-order chi connectivity index (χ1) is 7.52. The molecule has 0 amide bonds. The Kier molecular flexibility index (Phi) is 4.44. The molecule has 2 N–H and O–H groups in total. The minimum absolute atomic E-state index is 0.0904. The molecule has 1 aromatic heterocycles. The number of nitrogens with zero attached hydrogens (tertiary/aromatic N) is 4. The van der Waals surface area contributed by atoms with Crippen LogP contribution in [0, 0.1) is 10.1 Å². The fourth-order valence-corrected chi connectivity index (χ4v) is 2.06. The fourth-order valence-electron chi connectivity index (χ4n) is 0.977. The number of thioether (sulfide) groups is 1. The van der Waals surface area contributed by atoms with E-state index in [4.69, 9.17) is 5.73 Å². The normalized spacial score (nSPS) is 10.7. The summed E-state index contributed by atoms with van der Waals surface area (Å²) in [7, 11) is 3.87. The summed E-state index contributed by atoms with van der Waals surface area (Å²) in [6, 6.07) is 0. The Balaban J connectivity index is 2.79. The topological polar surface area (TPSA) is 98.2 Å². The van der Waals surface area contributed by atoms with Gasteiger partial charge in [0, 0.05) is 12.3 Å². The molecule has 0 aromatic carbocycles. The first-order valence-electron chi connectivity index (χ1n) is 4.54. The van der Waals surface area contributed by atoms with Crippen molar-refractivity contribution in [2.45, 2.75) is 5.03 Å². The van der Waals surface area contributed by atoms with Gasteiger partial charge in [0.05, 0.1) is 4.92 Å². The lowest BCUT2D eigenvalue weighted by molar-refractivity contribution is -0.387. The molecule has 0 aliphatic carbocycles. The van der Waals surface area contributed by atoms with Crippen LogP contribution in [-0.2, 0) is 0 Å². The van der Waals surface area contributed by atoms with Gasteiger partial charge in [-0.2, -0.15) is 0 Å². The molecule has 1 heterocycles. The van der Waals surface area contributed by atoms with Crippen LogP contribution in [0.4, 0.5) is 11.5 Å². The van der Waals surface area contributed by atoms with E-state index in [1.165, 1.54) is 18.1 Å². The Labute approximate surface area is 97.2 Å². The summed E-state index contributed by atoms with van der Waals surface area (Å²) in [6.45, 7) is 0.811. The number of hydrogen-bond acceptors (Lipinski definition) is 7. The van der Waals surface area contributed by atoms with Crippen molar-refractivity contribution in [2.24, 2.45) is 0 Å². The molecular weight excluding hydrogens is 230 g/mol. The Hall–Kier alpha value is -1.41. The summed E-state index contributed by atoms with van der Waals surface area (Å²) in [5.41, 5.74) is 5.23. The maximum atomic E-state index is 10.8. The van der Waals surface area contributed by atoms with E-state index in [0.29, 0.717) is 10.8 Å². The molecule has 8 heteroatoms. The van der Waals surface area contributed by atoms with Crippen LogP contribution in [0.15, 0.2) is 11.4 Å². The second-order valence-electron chi connectivity index (χ2n) is 3.32. The molecule has 0 spiro atoms. The van der Waals surface area contributed by atoms with Crippen LogP contribution < -0.4 is 5.73 Å². The Bertz CT molecular complexity index is 385. The van der Waals surface area contributed by atoms with Crippen LogP contribution in [0.25, 0.3) is 0 Å². The minimum Gasteiger partial charge on any atom is -0.378 e. The zero-order valence-corrected chi connectivity index (χ0v) is 9.90. The van der Waals surface area contributed by atoms with E-state index in [1.54, 1.807) is 0 Å². The van der Waals surface area contributed by atoms with Gasteiger partial charge < -0.3 is 10.6 Å². The Morgan fingerprint density at radius 2 is 2.25 bits per heavy atom. The lowest BCUT2D eigenvalue weighted by Crippen LogP contribution is -2.15. The Morgan fingerprint density at radius 3 is 2.81 bits per heavy atom. The molecular formula is C8H13N5O2S. The molecule has 0 radical (unpaired) electrons. The van der Waals surface area contributed by atoms with Gasteiger partial charge in [-0.15, -0.1) is 0 Å². The van der Waals surface area contributed by atoms with Crippen molar-refractivity contribution in [3.8, 4) is 0 Å². The van der Waals surface area contributed by atoms with Crippen LogP contribution in [0.3, 0.4) is 0 Å². The van der Waals surface area contributed by atoms with Crippen LogP contribution in [0.1, 0.15) is 0 Å². The third-order valence-corrected chi connectivity index (χ3v) is 2.74.